The molecular formula is C37H54N2O4. The topological polar surface area (TPSA) is 81.8 Å². The third-order valence-corrected chi connectivity index (χ3v) is 15.0. The Morgan fingerprint density at radius 2 is 1.65 bits per heavy atom. The van der Waals surface area contributed by atoms with E-state index in [1.807, 2.05) is 0 Å². The smallest absolute Gasteiger partial charge is 0.269 e. The second-order valence-electron chi connectivity index (χ2n) is 16.8. The minimum atomic E-state index is -0.392. The molecule has 0 bridgehead atoms. The first kappa shape index (κ1) is 30.8. The molecule has 0 saturated heterocycles. The number of nitro benzene ring substituents is 1. The predicted molar refractivity (Wildman–Crippen MR) is 171 cm³/mol. The molecule has 4 unspecified atom stereocenters. The number of fused-ring (bicyclic) bond motifs is 7. The number of rotatable bonds is 6. The van der Waals surface area contributed by atoms with Crippen molar-refractivity contribution in [1.82, 2.24) is 0 Å². The van der Waals surface area contributed by atoms with E-state index in [2.05, 4.69) is 48.5 Å². The van der Waals surface area contributed by atoms with Gasteiger partial charge in [-0.2, -0.15) is 0 Å². The summed E-state index contributed by atoms with van der Waals surface area (Å²) in [5, 5.41) is 11.0. The molecule has 43 heavy (non-hydrogen) atoms. The minimum Gasteiger partial charge on any atom is -0.471 e. The summed E-state index contributed by atoms with van der Waals surface area (Å²) in [6.07, 6.45) is 13.3. The first-order chi connectivity index (χ1) is 20.2. The van der Waals surface area contributed by atoms with Gasteiger partial charge >= 0.3 is 0 Å². The van der Waals surface area contributed by atoms with E-state index in [0.29, 0.717) is 46.7 Å². The Bertz CT molecular complexity index is 1290. The quantitative estimate of drug-likeness (QED) is 0.188. The van der Waals surface area contributed by atoms with Crippen molar-refractivity contribution in [1.29, 1.82) is 0 Å². The highest BCUT2D eigenvalue weighted by Gasteiger charge is 2.70. The number of ether oxygens (including phenoxy) is 1. The molecule has 5 saturated carbocycles. The van der Waals surface area contributed by atoms with Crippen LogP contribution >= 0.6 is 0 Å². The molecule has 6 rings (SSSR count). The van der Waals surface area contributed by atoms with Crippen molar-refractivity contribution in [3.05, 3.63) is 34.4 Å². The Kier molecular flexibility index (Phi) is 7.45. The van der Waals surface area contributed by atoms with Crippen molar-refractivity contribution in [2.75, 3.05) is 6.73 Å². The molecule has 0 aliphatic heterocycles. The number of carbonyl (C=O) groups excluding carboxylic acids is 1. The molecule has 0 aromatic heterocycles. The number of carbonyl (C=O) groups is 1. The molecule has 0 N–H and O–H groups in total. The Morgan fingerprint density at radius 3 is 2.30 bits per heavy atom. The largest absolute Gasteiger partial charge is 0.471 e. The van der Waals surface area contributed by atoms with Crippen LogP contribution in [0.3, 0.4) is 0 Å². The lowest BCUT2D eigenvalue weighted by atomic mass is 9.32. The normalized spacial score (nSPS) is 44.2. The lowest BCUT2D eigenvalue weighted by Gasteiger charge is -2.72. The summed E-state index contributed by atoms with van der Waals surface area (Å²) < 4.78 is 5.91. The van der Waals surface area contributed by atoms with E-state index in [1.165, 1.54) is 69.1 Å². The molecule has 236 valence electrons. The van der Waals surface area contributed by atoms with Gasteiger partial charge in [0.15, 0.2) is 6.73 Å². The Morgan fingerprint density at radius 1 is 0.930 bits per heavy atom. The number of nitrogens with zero attached hydrogens (tertiary/aromatic N) is 2. The summed E-state index contributed by atoms with van der Waals surface area (Å²) in [4.78, 5) is 28.4. The molecule has 9 atom stereocenters. The summed E-state index contributed by atoms with van der Waals surface area (Å²) in [5.74, 6) is 4.44. The monoisotopic (exact) mass is 590 g/mol. The Balaban J connectivity index is 1.23. The van der Waals surface area contributed by atoms with Crippen LogP contribution in [0.25, 0.3) is 0 Å². The number of hydrogen-bond donors (Lipinski definition) is 0. The van der Waals surface area contributed by atoms with E-state index in [1.54, 1.807) is 12.1 Å². The Hall–Kier alpha value is -2.24. The van der Waals surface area contributed by atoms with Crippen LogP contribution in [0, 0.1) is 72.7 Å². The number of non-ortho nitro benzene ring substituents is 1. The van der Waals surface area contributed by atoms with Crippen LogP contribution in [0.1, 0.15) is 113 Å². The van der Waals surface area contributed by atoms with Gasteiger partial charge in [0.05, 0.1) is 4.92 Å². The molecule has 0 radical (unpaired) electrons. The van der Waals surface area contributed by atoms with Gasteiger partial charge in [-0.1, -0.05) is 48.5 Å². The molecule has 5 aliphatic carbocycles. The van der Waals surface area contributed by atoms with E-state index in [-0.39, 0.29) is 34.1 Å². The van der Waals surface area contributed by atoms with Crippen LogP contribution in [0.5, 0.6) is 5.75 Å². The van der Waals surface area contributed by atoms with Gasteiger partial charge in [-0.25, -0.2) is 0 Å². The summed E-state index contributed by atoms with van der Waals surface area (Å²) in [5.41, 5.74) is 2.11. The number of aldehydes is 1. The first-order valence-corrected chi connectivity index (χ1v) is 17.1. The van der Waals surface area contributed by atoms with E-state index in [4.69, 9.17) is 9.73 Å². The van der Waals surface area contributed by atoms with Crippen LogP contribution < -0.4 is 4.74 Å². The van der Waals surface area contributed by atoms with Gasteiger partial charge in [-0.05, 0) is 128 Å². The van der Waals surface area contributed by atoms with Crippen molar-refractivity contribution in [3.8, 4) is 5.75 Å². The minimum absolute atomic E-state index is 0.00164. The van der Waals surface area contributed by atoms with Crippen molar-refractivity contribution >= 4 is 17.7 Å². The molecule has 1 aromatic rings. The third kappa shape index (κ3) is 4.38. The maximum atomic E-state index is 12.8. The maximum Gasteiger partial charge on any atom is 0.269 e. The summed E-state index contributed by atoms with van der Waals surface area (Å²) in [6, 6.07) is 6.26. The second kappa shape index (κ2) is 10.4. The van der Waals surface area contributed by atoms with E-state index < -0.39 is 4.92 Å². The third-order valence-electron chi connectivity index (χ3n) is 15.0. The SMILES string of the molecule is CC(C)C1CC[C@]2(C=O)CC[C@]3(C)[C@H](CCC4[C@@]5(C)CC/C(=N/COc6ccc([N+](=O)[O-])cc6)C(C)(C)C5CC[C@]43C)C12. The molecule has 5 fully saturated rings. The van der Waals surface area contributed by atoms with Crippen molar-refractivity contribution in [2.45, 2.75) is 113 Å². The summed E-state index contributed by atoms with van der Waals surface area (Å²) >= 11 is 0. The first-order valence-electron chi connectivity index (χ1n) is 17.1. The fourth-order valence-corrected chi connectivity index (χ4v) is 12.6. The predicted octanol–water partition coefficient (Wildman–Crippen LogP) is 9.31. The van der Waals surface area contributed by atoms with Gasteiger partial charge in [0.1, 0.15) is 12.0 Å². The van der Waals surface area contributed by atoms with Gasteiger partial charge in [0, 0.05) is 28.7 Å². The molecule has 0 spiro atoms. The molecule has 5 aliphatic rings. The van der Waals surface area contributed by atoms with Crippen molar-refractivity contribution in [2.24, 2.45) is 67.6 Å². The van der Waals surface area contributed by atoms with Crippen molar-refractivity contribution < 1.29 is 14.5 Å². The zero-order valence-corrected chi connectivity index (χ0v) is 27.7. The van der Waals surface area contributed by atoms with Crippen LogP contribution in [0.15, 0.2) is 29.3 Å². The van der Waals surface area contributed by atoms with Gasteiger partial charge in [0.2, 0.25) is 0 Å². The summed E-state index contributed by atoms with van der Waals surface area (Å²) in [7, 11) is 0. The number of hydrogen-bond acceptors (Lipinski definition) is 5. The van der Waals surface area contributed by atoms with Gasteiger partial charge in [-0.15, -0.1) is 0 Å². The van der Waals surface area contributed by atoms with E-state index >= 15 is 0 Å². The molecule has 0 amide bonds. The van der Waals surface area contributed by atoms with E-state index in [9.17, 15) is 14.9 Å². The molecule has 6 nitrogen and oxygen atoms in total. The zero-order chi connectivity index (χ0) is 31.0. The standard InChI is InChI=1S/C37H54N2O4/c1-24(2)27-14-19-37(22-40)21-20-35(6)28(32(27)37)12-13-30-34(5)17-16-31(33(3,4)29(34)15-18-36(30,35)7)38-23-43-26-10-8-25(9-11-26)39(41)42/h8-11,22,24,27-30,32H,12-21,23H2,1-7H3/b38-31-/t27?,28-,29?,30?,32?,34+,35-,36-,37-/m1/s1. The van der Waals surface area contributed by atoms with Gasteiger partial charge < -0.3 is 9.53 Å². The fraction of sp³-hybridized carbons (Fsp3) is 0.784. The number of aliphatic imine (C=N–C) groups is 1. The lowest BCUT2D eigenvalue weighted by molar-refractivity contribution is -0.384. The number of nitro groups is 1. The molecule has 1 aromatic carbocycles. The average Bonchev–Trinajstić information content (AvgIpc) is 3.35. The van der Waals surface area contributed by atoms with Gasteiger partial charge in [-0.3, -0.25) is 15.1 Å². The van der Waals surface area contributed by atoms with Gasteiger partial charge in [0.25, 0.3) is 5.69 Å². The van der Waals surface area contributed by atoms with Crippen molar-refractivity contribution in [3.63, 3.8) is 0 Å². The maximum absolute atomic E-state index is 12.8. The number of benzene rings is 1. The van der Waals surface area contributed by atoms with Crippen LogP contribution in [-0.2, 0) is 4.79 Å². The summed E-state index contributed by atoms with van der Waals surface area (Å²) in [6.45, 7) is 17.8. The molecule has 0 heterocycles. The fourth-order valence-electron chi connectivity index (χ4n) is 12.6. The highest BCUT2D eigenvalue weighted by molar-refractivity contribution is 5.91. The van der Waals surface area contributed by atoms with Crippen LogP contribution in [0.2, 0.25) is 0 Å². The second-order valence-corrected chi connectivity index (χ2v) is 16.8. The van der Waals surface area contributed by atoms with E-state index in [0.717, 1.165) is 19.3 Å². The molecular weight excluding hydrogens is 536 g/mol. The molecule has 6 heteroatoms. The highest BCUT2D eigenvalue weighted by Crippen LogP contribution is 2.77. The van der Waals surface area contributed by atoms with Crippen LogP contribution in [-0.4, -0.2) is 23.7 Å². The lowest BCUT2D eigenvalue weighted by Crippen LogP contribution is -2.66. The average molecular weight is 591 g/mol. The zero-order valence-electron chi connectivity index (χ0n) is 27.7. The van der Waals surface area contributed by atoms with Crippen LogP contribution in [0.4, 0.5) is 5.69 Å². The highest BCUT2D eigenvalue weighted by atomic mass is 16.6. The Labute approximate surface area is 259 Å².